The Morgan fingerprint density at radius 2 is 1.77 bits per heavy atom. The number of likely N-dealkylation sites (tertiary alicyclic amines) is 1. The molecule has 2 aliphatic heterocycles. The Balaban J connectivity index is 1.73. The normalized spacial score (nSPS) is 22.0. The van der Waals surface area contributed by atoms with Crippen molar-refractivity contribution in [2.24, 2.45) is 0 Å². The minimum atomic E-state index is -0.297. The van der Waals surface area contributed by atoms with E-state index in [0.717, 1.165) is 43.5 Å². The Hall–Kier alpha value is -1.40. The van der Waals surface area contributed by atoms with Gasteiger partial charge in [0.1, 0.15) is 6.04 Å². The number of piperazine rings is 1. The second-order valence-corrected chi connectivity index (χ2v) is 6.65. The van der Waals surface area contributed by atoms with E-state index in [1.807, 2.05) is 17.0 Å². The van der Waals surface area contributed by atoms with Crippen molar-refractivity contribution in [2.75, 3.05) is 32.7 Å². The van der Waals surface area contributed by atoms with Crippen molar-refractivity contribution in [2.45, 2.75) is 18.9 Å². The summed E-state index contributed by atoms with van der Waals surface area (Å²) in [5.41, 5.74) is 0.642. The fourth-order valence-corrected chi connectivity index (χ4v) is 3.39. The van der Waals surface area contributed by atoms with Gasteiger partial charge in [-0.3, -0.25) is 9.59 Å². The average Bonchev–Trinajstić information content (AvgIpc) is 3.04. The molecule has 3 rings (SSSR count). The quantitative estimate of drug-likeness (QED) is 0.863. The summed E-state index contributed by atoms with van der Waals surface area (Å²) in [6.07, 6.45) is 1.66. The fraction of sp³-hybridized carbons (Fsp3) is 0.500. The van der Waals surface area contributed by atoms with Crippen molar-refractivity contribution in [3.05, 3.63) is 34.3 Å². The van der Waals surface area contributed by atoms with Gasteiger partial charge in [-0.1, -0.05) is 15.9 Å². The Kier molecular flexibility index (Phi) is 4.78. The van der Waals surface area contributed by atoms with Gasteiger partial charge in [-0.2, -0.15) is 0 Å². The van der Waals surface area contributed by atoms with Crippen molar-refractivity contribution >= 4 is 27.7 Å². The van der Waals surface area contributed by atoms with Crippen LogP contribution in [0, 0.1) is 0 Å². The van der Waals surface area contributed by atoms with E-state index < -0.39 is 0 Å². The van der Waals surface area contributed by atoms with E-state index in [-0.39, 0.29) is 17.9 Å². The van der Waals surface area contributed by atoms with E-state index in [4.69, 9.17) is 0 Å². The molecule has 6 heteroatoms. The lowest BCUT2D eigenvalue weighted by Gasteiger charge is -2.33. The van der Waals surface area contributed by atoms with Gasteiger partial charge in [-0.05, 0) is 37.1 Å². The van der Waals surface area contributed by atoms with Gasteiger partial charge in [0.05, 0.1) is 0 Å². The third-order valence-corrected chi connectivity index (χ3v) is 4.85. The molecule has 2 saturated heterocycles. The molecule has 0 aliphatic carbocycles. The number of halogens is 1. The van der Waals surface area contributed by atoms with Gasteiger partial charge in [0.15, 0.2) is 0 Å². The molecule has 2 amide bonds. The first-order chi connectivity index (χ1) is 10.7. The van der Waals surface area contributed by atoms with Crippen LogP contribution >= 0.6 is 15.9 Å². The van der Waals surface area contributed by atoms with Gasteiger partial charge in [-0.15, -0.1) is 0 Å². The molecule has 2 heterocycles. The Bertz CT molecular complexity index is 555. The van der Waals surface area contributed by atoms with Crippen molar-refractivity contribution < 1.29 is 9.59 Å². The van der Waals surface area contributed by atoms with Crippen LogP contribution in [0.25, 0.3) is 0 Å². The molecule has 0 bridgehead atoms. The standard InChI is InChI=1S/C16H20BrN3O2/c17-13-5-3-12(4-6-13)15(21)20-9-1-2-14(20)16(22)19-10-7-18-8-11-19/h3-6,14,18H,1-2,7-11H2. The second-order valence-electron chi connectivity index (χ2n) is 5.74. The molecule has 1 N–H and O–H groups in total. The first-order valence-corrected chi connectivity index (χ1v) is 8.52. The maximum atomic E-state index is 12.7. The van der Waals surface area contributed by atoms with E-state index in [9.17, 15) is 9.59 Å². The summed E-state index contributed by atoms with van der Waals surface area (Å²) in [6.45, 7) is 3.79. The van der Waals surface area contributed by atoms with Crippen LogP contribution in [0.5, 0.6) is 0 Å². The first kappa shape index (κ1) is 15.5. The molecule has 0 saturated carbocycles. The zero-order chi connectivity index (χ0) is 15.5. The SMILES string of the molecule is O=C(C1CCCN1C(=O)c1ccc(Br)cc1)N1CCNCC1. The van der Waals surface area contributed by atoms with Crippen LogP contribution in [0.1, 0.15) is 23.2 Å². The molecular formula is C16H20BrN3O2. The number of amides is 2. The summed E-state index contributed by atoms with van der Waals surface area (Å²) >= 11 is 3.37. The summed E-state index contributed by atoms with van der Waals surface area (Å²) in [7, 11) is 0. The zero-order valence-electron chi connectivity index (χ0n) is 12.4. The monoisotopic (exact) mass is 365 g/mol. The van der Waals surface area contributed by atoms with E-state index in [1.165, 1.54) is 0 Å². The smallest absolute Gasteiger partial charge is 0.254 e. The molecule has 0 spiro atoms. The van der Waals surface area contributed by atoms with Crippen LogP contribution in [0.15, 0.2) is 28.7 Å². The van der Waals surface area contributed by atoms with Crippen LogP contribution in [0.4, 0.5) is 0 Å². The van der Waals surface area contributed by atoms with Gasteiger partial charge >= 0.3 is 0 Å². The highest BCUT2D eigenvalue weighted by Gasteiger charge is 2.37. The van der Waals surface area contributed by atoms with Crippen LogP contribution in [-0.4, -0.2) is 60.4 Å². The molecule has 0 aromatic heterocycles. The number of rotatable bonds is 2. The topological polar surface area (TPSA) is 52.7 Å². The predicted molar refractivity (Wildman–Crippen MR) is 87.7 cm³/mol. The zero-order valence-corrected chi connectivity index (χ0v) is 14.0. The van der Waals surface area contributed by atoms with Gasteiger partial charge in [0, 0.05) is 42.8 Å². The van der Waals surface area contributed by atoms with Gasteiger partial charge in [0.25, 0.3) is 5.91 Å². The third kappa shape index (κ3) is 3.17. The van der Waals surface area contributed by atoms with E-state index in [2.05, 4.69) is 21.2 Å². The molecule has 1 aromatic carbocycles. The lowest BCUT2D eigenvalue weighted by molar-refractivity contribution is -0.135. The largest absolute Gasteiger partial charge is 0.338 e. The number of nitrogens with one attached hydrogen (secondary N) is 1. The first-order valence-electron chi connectivity index (χ1n) is 7.73. The van der Waals surface area contributed by atoms with Crippen molar-refractivity contribution in [1.82, 2.24) is 15.1 Å². The molecule has 2 aliphatic rings. The molecule has 1 atom stereocenters. The number of carbonyl (C=O) groups is 2. The summed E-state index contributed by atoms with van der Waals surface area (Å²) in [6, 6.07) is 7.02. The van der Waals surface area contributed by atoms with Crippen LogP contribution in [-0.2, 0) is 4.79 Å². The molecular weight excluding hydrogens is 346 g/mol. The predicted octanol–water partition coefficient (Wildman–Crippen LogP) is 1.49. The third-order valence-electron chi connectivity index (χ3n) is 4.32. The molecule has 118 valence electrons. The fourth-order valence-electron chi connectivity index (χ4n) is 3.12. The summed E-state index contributed by atoms with van der Waals surface area (Å²) in [4.78, 5) is 29.0. The highest BCUT2D eigenvalue weighted by atomic mass is 79.9. The maximum absolute atomic E-state index is 12.7. The van der Waals surface area contributed by atoms with E-state index >= 15 is 0 Å². The average molecular weight is 366 g/mol. The summed E-state index contributed by atoms with van der Waals surface area (Å²) in [5, 5.41) is 3.25. The van der Waals surface area contributed by atoms with Crippen molar-refractivity contribution in [3.8, 4) is 0 Å². The number of carbonyl (C=O) groups excluding carboxylic acids is 2. The maximum Gasteiger partial charge on any atom is 0.254 e. The van der Waals surface area contributed by atoms with Crippen molar-refractivity contribution in [3.63, 3.8) is 0 Å². The number of hydrogen-bond donors (Lipinski definition) is 1. The minimum absolute atomic E-state index is 0.0431. The van der Waals surface area contributed by atoms with Gasteiger partial charge in [0.2, 0.25) is 5.91 Å². The minimum Gasteiger partial charge on any atom is -0.338 e. The van der Waals surface area contributed by atoms with E-state index in [0.29, 0.717) is 12.1 Å². The number of nitrogens with zero attached hydrogens (tertiary/aromatic N) is 2. The molecule has 2 fully saturated rings. The van der Waals surface area contributed by atoms with E-state index in [1.54, 1.807) is 17.0 Å². The number of hydrogen-bond acceptors (Lipinski definition) is 3. The molecule has 0 radical (unpaired) electrons. The summed E-state index contributed by atoms with van der Waals surface area (Å²) < 4.78 is 0.943. The molecule has 22 heavy (non-hydrogen) atoms. The van der Waals surface area contributed by atoms with Crippen LogP contribution in [0.2, 0.25) is 0 Å². The summed E-state index contributed by atoms with van der Waals surface area (Å²) in [5.74, 6) is 0.0583. The van der Waals surface area contributed by atoms with Crippen LogP contribution in [0.3, 0.4) is 0 Å². The van der Waals surface area contributed by atoms with Crippen LogP contribution < -0.4 is 5.32 Å². The van der Waals surface area contributed by atoms with Crippen molar-refractivity contribution in [1.29, 1.82) is 0 Å². The van der Waals surface area contributed by atoms with Gasteiger partial charge < -0.3 is 15.1 Å². The highest BCUT2D eigenvalue weighted by Crippen LogP contribution is 2.23. The molecule has 1 unspecified atom stereocenters. The molecule has 1 aromatic rings. The molecule has 5 nitrogen and oxygen atoms in total. The Morgan fingerprint density at radius 1 is 1.09 bits per heavy atom. The lowest BCUT2D eigenvalue weighted by atomic mass is 10.1. The van der Waals surface area contributed by atoms with Gasteiger partial charge in [-0.25, -0.2) is 0 Å². The second kappa shape index (κ2) is 6.79. The highest BCUT2D eigenvalue weighted by molar-refractivity contribution is 9.10. The Labute approximate surface area is 138 Å². The lowest BCUT2D eigenvalue weighted by Crippen LogP contribution is -2.53. The number of benzene rings is 1. The Morgan fingerprint density at radius 3 is 2.45 bits per heavy atom.